The van der Waals surface area contributed by atoms with Gasteiger partial charge in [-0.25, -0.2) is 4.79 Å². The molecular weight excluding hydrogens is 325 g/mol. The molecule has 0 radical (unpaired) electrons. The van der Waals surface area contributed by atoms with Crippen LogP contribution in [0.2, 0.25) is 0 Å². The molecule has 0 spiro atoms. The van der Waals surface area contributed by atoms with Crippen molar-refractivity contribution in [2.24, 2.45) is 0 Å². The van der Waals surface area contributed by atoms with E-state index in [1.165, 1.54) is 29.5 Å². The highest BCUT2D eigenvalue weighted by Crippen LogP contribution is 2.32. The summed E-state index contributed by atoms with van der Waals surface area (Å²) >= 11 is 0. The molecule has 0 bridgehead atoms. The molecule has 1 aliphatic rings. The molecule has 132 valence electrons. The molecule has 0 saturated carbocycles. The third-order valence-electron chi connectivity index (χ3n) is 3.04. The minimum absolute atomic E-state index is 0.0787. The van der Waals surface area contributed by atoms with Crippen LogP contribution in [0.3, 0.4) is 0 Å². The minimum atomic E-state index is -4.42. The van der Waals surface area contributed by atoms with E-state index in [-0.39, 0.29) is 6.54 Å². The lowest BCUT2D eigenvalue weighted by molar-refractivity contribution is -0.137. The van der Waals surface area contributed by atoms with Crippen LogP contribution in [0.5, 0.6) is 0 Å². The zero-order valence-electron chi connectivity index (χ0n) is 13.6. The molecule has 1 aromatic carbocycles. The highest BCUT2D eigenvalue weighted by molar-refractivity contribution is 5.68. The molecule has 1 heterocycles. The number of carbonyl (C=O) groups is 1. The second-order valence-corrected chi connectivity index (χ2v) is 6.33. The van der Waals surface area contributed by atoms with Gasteiger partial charge in [-0.15, -0.1) is 0 Å². The van der Waals surface area contributed by atoms with Crippen LogP contribution in [0, 0.1) is 0 Å². The average molecular weight is 344 g/mol. The first kappa shape index (κ1) is 18.0. The molecule has 8 heteroatoms. The van der Waals surface area contributed by atoms with E-state index < -0.39 is 29.7 Å². The first-order valence-electron chi connectivity index (χ1n) is 7.29. The first-order valence-corrected chi connectivity index (χ1v) is 7.29. The van der Waals surface area contributed by atoms with Gasteiger partial charge in [0, 0.05) is 17.4 Å². The third kappa shape index (κ3) is 5.07. The summed E-state index contributed by atoms with van der Waals surface area (Å²) in [6.07, 6.45) is -3.25. The number of carbonyl (C=O) groups excluding carboxylic acids is 1. The zero-order chi connectivity index (χ0) is 18.0. The summed E-state index contributed by atoms with van der Waals surface area (Å²) in [6, 6.07) is 4.89. The number of nitrogens with one attached hydrogen (secondary N) is 1. The zero-order valence-corrected chi connectivity index (χ0v) is 13.6. The van der Waals surface area contributed by atoms with Gasteiger partial charge in [0.1, 0.15) is 6.26 Å². The van der Waals surface area contributed by atoms with Gasteiger partial charge in [0.2, 0.25) is 0 Å². The Hall–Kier alpha value is -2.38. The highest BCUT2D eigenvalue weighted by atomic mass is 19.4. The Balaban J connectivity index is 2.05. The predicted octanol–water partition coefficient (Wildman–Crippen LogP) is 3.86. The van der Waals surface area contributed by atoms with Crippen LogP contribution in [0.4, 0.5) is 23.7 Å². The number of alkyl halides is 3. The highest BCUT2D eigenvalue weighted by Gasteiger charge is 2.31. The third-order valence-corrected chi connectivity index (χ3v) is 3.04. The van der Waals surface area contributed by atoms with E-state index in [2.05, 4.69) is 5.32 Å². The second-order valence-electron chi connectivity index (χ2n) is 6.33. The smallest absolute Gasteiger partial charge is 0.416 e. The quantitative estimate of drug-likeness (QED) is 0.885. The summed E-state index contributed by atoms with van der Waals surface area (Å²) in [7, 11) is 0. The molecule has 24 heavy (non-hydrogen) atoms. The Bertz CT molecular complexity index is 624. The fraction of sp³-hybridized carbons (Fsp3) is 0.438. The van der Waals surface area contributed by atoms with Crippen molar-refractivity contribution in [3.05, 3.63) is 42.3 Å². The maximum absolute atomic E-state index is 12.8. The molecule has 2 rings (SSSR count). The molecule has 1 aliphatic heterocycles. The van der Waals surface area contributed by atoms with E-state index in [0.29, 0.717) is 5.69 Å². The first-order chi connectivity index (χ1) is 11.0. The van der Waals surface area contributed by atoms with Crippen LogP contribution in [-0.2, 0) is 15.7 Å². The van der Waals surface area contributed by atoms with Crippen LogP contribution in [0.1, 0.15) is 26.3 Å². The van der Waals surface area contributed by atoms with Crippen LogP contribution in [-0.4, -0.2) is 24.5 Å². The second kappa shape index (κ2) is 6.62. The van der Waals surface area contributed by atoms with Crippen molar-refractivity contribution < 1.29 is 27.4 Å². The van der Waals surface area contributed by atoms with Crippen molar-refractivity contribution in [1.82, 2.24) is 5.32 Å². The van der Waals surface area contributed by atoms with Gasteiger partial charge < -0.3 is 19.7 Å². The van der Waals surface area contributed by atoms with E-state index in [1.54, 1.807) is 20.8 Å². The summed E-state index contributed by atoms with van der Waals surface area (Å²) in [4.78, 5) is 13.3. The molecule has 1 aromatic rings. The van der Waals surface area contributed by atoms with E-state index in [4.69, 9.17) is 9.47 Å². The maximum Gasteiger partial charge on any atom is 0.416 e. The molecule has 0 saturated heterocycles. The number of anilines is 1. The lowest BCUT2D eigenvalue weighted by Gasteiger charge is -2.30. The topological polar surface area (TPSA) is 50.8 Å². The van der Waals surface area contributed by atoms with Gasteiger partial charge in [0.05, 0.1) is 12.1 Å². The minimum Gasteiger partial charge on any atom is -0.459 e. The molecule has 0 aromatic heterocycles. The lowest BCUT2D eigenvalue weighted by atomic mass is 10.1. The van der Waals surface area contributed by atoms with Gasteiger partial charge in [0.15, 0.2) is 0 Å². The van der Waals surface area contributed by atoms with Gasteiger partial charge in [-0.3, -0.25) is 0 Å². The molecule has 1 atom stereocenters. The maximum atomic E-state index is 12.8. The fourth-order valence-electron chi connectivity index (χ4n) is 2.03. The van der Waals surface area contributed by atoms with Crippen molar-refractivity contribution >= 4 is 11.8 Å². The summed E-state index contributed by atoms with van der Waals surface area (Å²) in [6.45, 7) is 5.47. The summed E-state index contributed by atoms with van der Waals surface area (Å²) in [5.74, 6) is 0. The monoisotopic (exact) mass is 344 g/mol. The fourth-order valence-corrected chi connectivity index (χ4v) is 2.03. The van der Waals surface area contributed by atoms with Crippen molar-refractivity contribution in [2.45, 2.75) is 38.8 Å². The number of alkyl carbamates (subject to hydrolysis) is 1. The lowest BCUT2D eigenvalue weighted by Crippen LogP contribution is -2.45. The number of hydrogen-bond acceptors (Lipinski definition) is 4. The van der Waals surface area contributed by atoms with E-state index in [9.17, 15) is 18.0 Å². The Morgan fingerprint density at radius 1 is 1.33 bits per heavy atom. The van der Waals surface area contributed by atoms with Crippen molar-refractivity contribution in [1.29, 1.82) is 0 Å². The molecular formula is C16H19F3N2O3. The molecule has 1 N–H and O–H groups in total. The summed E-state index contributed by atoms with van der Waals surface area (Å²) in [5.41, 5.74) is -0.889. The number of rotatable bonds is 2. The largest absolute Gasteiger partial charge is 0.459 e. The molecule has 1 amide bonds. The summed E-state index contributed by atoms with van der Waals surface area (Å²) in [5, 5.41) is 2.62. The number of halogens is 3. The van der Waals surface area contributed by atoms with Crippen LogP contribution in [0.25, 0.3) is 0 Å². The molecule has 1 unspecified atom stereocenters. The molecule has 0 aliphatic carbocycles. The van der Waals surface area contributed by atoms with Crippen LogP contribution >= 0.6 is 0 Å². The number of nitrogens with zero attached hydrogens (tertiary/aromatic N) is 1. The molecule has 0 fully saturated rings. The Morgan fingerprint density at radius 3 is 2.67 bits per heavy atom. The normalized spacial score (nSPS) is 18.1. The number of benzene rings is 1. The van der Waals surface area contributed by atoms with Crippen LogP contribution in [0.15, 0.2) is 36.7 Å². The number of ether oxygens (including phenoxy) is 2. The number of hydrogen-bond donors (Lipinski definition) is 1. The SMILES string of the molecule is CC(C)(C)NC(=O)OC1CN(c2cccc(C(F)(F)F)c2)C=CO1. The standard InChI is InChI=1S/C16H19F3N2O3/c1-15(2,3)20-14(22)24-13-10-21(7-8-23-13)12-6-4-5-11(9-12)16(17,18)19/h4-9,13H,10H2,1-3H3,(H,20,22). The van der Waals surface area contributed by atoms with Gasteiger partial charge in [-0.2, -0.15) is 13.2 Å². The van der Waals surface area contributed by atoms with Gasteiger partial charge in [-0.05, 0) is 39.0 Å². The predicted molar refractivity (Wildman–Crippen MR) is 82.2 cm³/mol. The van der Waals surface area contributed by atoms with E-state index >= 15 is 0 Å². The number of amides is 1. The van der Waals surface area contributed by atoms with Gasteiger partial charge in [0.25, 0.3) is 6.29 Å². The van der Waals surface area contributed by atoms with Crippen molar-refractivity contribution in [3.63, 3.8) is 0 Å². The van der Waals surface area contributed by atoms with Crippen molar-refractivity contribution in [2.75, 3.05) is 11.4 Å². The van der Waals surface area contributed by atoms with E-state index in [1.807, 2.05) is 0 Å². The van der Waals surface area contributed by atoms with Crippen molar-refractivity contribution in [3.8, 4) is 0 Å². The van der Waals surface area contributed by atoms with Gasteiger partial charge in [-0.1, -0.05) is 6.07 Å². The average Bonchev–Trinajstić information content (AvgIpc) is 2.44. The Labute approximate surface area is 138 Å². The van der Waals surface area contributed by atoms with Crippen LogP contribution < -0.4 is 10.2 Å². The van der Waals surface area contributed by atoms with Gasteiger partial charge >= 0.3 is 12.3 Å². The molecule has 5 nitrogen and oxygen atoms in total. The van der Waals surface area contributed by atoms with E-state index in [0.717, 1.165) is 12.1 Å². The Morgan fingerprint density at radius 2 is 2.04 bits per heavy atom. The Kier molecular flexibility index (Phi) is 4.96. The summed E-state index contributed by atoms with van der Waals surface area (Å²) < 4.78 is 48.7.